The number of anilines is 2. The zero-order valence-electron chi connectivity index (χ0n) is 16.8. The maximum absolute atomic E-state index is 13.9. The second kappa shape index (κ2) is 7.98. The molecule has 3 atom stereocenters. The number of H-pyrrole nitrogens is 1. The van der Waals surface area contributed by atoms with Gasteiger partial charge in [-0.3, -0.25) is 9.48 Å². The van der Waals surface area contributed by atoms with Crippen LogP contribution in [0.3, 0.4) is 0 Å². The van der Waals surface area contributed by atoms with Gasteiger partial charge in [0.05, 0.1) is 28.6 Å². The van der Waals surface area contributed by atoms with E-state index in [1.807, 2.05) is 0 Å². The maximum atomic E-state index is 13.9. The van der Waals surface area contributed by atoms with Gasteiger partial charge in [-0.05, 0) is 63.0 Å². The summed E-state index contributed by atoms with van der Waals surface area (Å²) in [5.74, 6) is -0.416. The van der Waals surface area contributed by atoms with Gasteiger partial charge >= 0.3 is 0 Å². The van der Waals surface area contributed by atoms with Crippen molar-refractivity contribution in [3.63, 3.8) is 0 Å². The quantitative estimate of drug-likeness (QED) is 0.634. The molecule has 0 unspecified atom stereocenters. The molecule has 1 aliphatic carbocycles. The lowest BCUT2D eigenvalue weighted by atomic mass is 9.81. The highest BCUT2D eigenvalue weighted by Gasteiger charge is 2.37. The molecule has 5 rings (SSSR count). The zero-order chi connectivity index (χ0) is 21.5. The number of pyridine rings is 1. The van der Waals surface area contributed by atoms with Crippen molar-refractivity contribution in [2.24, 2.45) is 5.92 Å². The summed E-state index contributed by atoms with van der Waals surface area (Å²) >= 11 is 5.78. The fraction of sp³-hybridized carbons (Fsp3) is 0.409. The van der Waals surface area contributed by atoms with Crippen molar-refractivity contribution in [2.75, 3.05) is 18.4 Å². The first-order chi connectivity index (χ1) is 15.0. The molecule has 0 bridgehead atoms. The Morgan fingerprint density at radius 3 is 2.84 bits per heavy atom. The maximum Gasteiger partial charge on any atom is 0.261 e. The highest BCUT2D eigenvalue weighted by molar-refractivity contribution is 6.30. The van der Waals surface area contributed by atoms with E-state index in [-0.39, 0.29) is 22.5 Å². The third-order valence-electron chi connectivity index (χ3n) is 6.49. The molecule has 1 aromatic carbocycles. The van der Waals surface area contributed by atoms with Crippen LogP contribution in [-0.2, 0) is 0 Å². The number of nitrogens with one attached hydrogen (secondary N) is 2. The number of halogens is 2. The van der Waals surface area contributed by atoms with E-state index in [9.17, 15) is 14.4 Å². The largest absolute Gasteiger partial charge is 0.338 e. The molecule has 2 aliphatic rings. The molecule has 0 radical (unpaired) electrons. The van der Waals surface area contributed by atoms with Gasteiger partial charge in [0, 0.05) is 17.9 Å². The molecule has 9 heteroatoms. The monoisotopic (exact) mass is 440 g/mol. The molecule has 2 N–H and O–H groups in total. The van der Waals surface area contributed by atoms with Crippen molar-refractivity contribution in [1.29, 1.82) is 5.26 Å². The van der Waals surface area contributed by atoms with E-state index < -0.39 is 5.82 Å². The molecule has 31 heavy (non-hydrogen) atoms. The minimum Gasteiger partial charge on any atom is -0.338 e. The number of hydrogen-bond donors (Lipinski definition) is 2. The van der Waals surface area contributed by atoms with Crippen molar-refractivity contribution in [3.05, 3.63) is 51.7 Å². The predicted molar refractivity (Wildman–Crippen MR) is 117 cm³/mol. The van der Waals surface area contributed by atoms with Crippen LogP contribution in [0.4, 0.5) is 15.9 Å². The normalized spacial score (nSPS) is 24.0. The summed E-state index contributed by atoms with van der Waals surface area (Å²) < 4.78 is 15.7. The number of aromatic amines is 1. The first kappa shape index (κ1) is 20.0. The lowest BCUT2D eigenvalue weighted by Gasteiger charge is -2.43. The van der Waals surface area contributed by atoms with Crippen molar-refractivity contribution >= 4 is 34.0 Å². The zero-order valence-corrected chi connectivity index (χ0v) is 17.6. The summed E-state index contributed by atoms with van der Waals surface area (Å²) in [6, 6.07) is 8.94. The molecule has 7 nitrogen and oxygen atoms in total. The highest BCUT2D eigenvalue weighted by Crippen LogP contribution is 2.39. The average molecular weight is 441 g/mol. The number of nitrogens with zero attached hydrogens (tertiary/aromatic N) is 4. The SMILES string of the molecule is N#C[C@H]1C[C@H](N2CCC2)CC[C@@H]1n1nc(Nc2ccc(Cl)c(F)c2)c2c(=O)[nH]ccc21. The molecule has 0 spiro atoms. The molecule has 3 aromatic rings. The van der Waals surface area contributed by atoms with Gasteiger partial charge in [0.2, 0.25) is 0 Å². The third kappa shape index (κ3) is 3.58. The van der Waals surface area contributed by atoms with Crippen molar-refractivity contribution in [2.45, 2.75) is 37.8 Å². The Bertz CT molecular complexity index is 1230. The molecule has 1 saturated carbocycles. The Morgan fingerprint density at radius 1 is 1.29 bits per heavy atom. The van der Waals surface area contributed by atoms with Crippen LogP contribution in [0.25, 0.3) is 10.9 Å². The fourth-order valence-corrected chi connectivity index (χ4v) is 4.87. The van der Waals surface area contributed by atoms with Crippen molar-refractivity contribution in [1.82, 2.24) is 19.7 Å². The Morgan fingerprint density at radius 2 is 2.13 bits per heavy atom. The van der Waals surface area contributed by atoms with Crippen LogP contribution in [0, 0.1) is 23.1 Å². The minimum atomic E-state index is -0.557. The molecule has 1 aliphatic heterocycles. The van der Waals surface area contributed by atoms with Crippen LogP contribution < -0.4 is 10.9 Å². The van der Waals surface area contributed by atoms with Crippen LogP contribution in [-0.4, -0.2) is 38.8 Å². The van der Waals surface area contributed by atoms with Gasteiger partial charge in [-0.15, -0.1) is 0 Å². The number of fused-ring (bicyclic) bond motifs is 1. The standard InChI is InChI=1S/C22H22ClFN6O/c23-16-4-2-14(11-17(16)24)27-21-20-19(6-7-26-22(20)31)30(28-21)18-5-3-15(10-13(18)12-25)29-8-1-9-29/h2,4,6-7,11,13,15,18H,1,3,5,8-10H2,(H,26,31)(H,27,28)/t13-,15-,18+/m1/s1. The first-order valence-corrected chi connectivity index (χ1v) is 10.9. The Hall–Kier alpha value is -2.89. The third-order valence-corrected chi connectivity index (χ3v) is 6.79. The van der Waals surface area contributed by atoms with Crippen LogP contribution in [0.5, 0.6) is 0 Å². The number of hydrogen-bond acceptors (Lipinski definition) is 5. The lowest BCUT2D eigenvalue weighted by Crippen LogP contribution is -2.48. The molecule has 2 aromatic heterocycles. The van der Waals surface area contributed by atoms with Gasteiger partial charge < -0.3 is 15.2 Å². The molecule has 2 fully saturated rings. The summed E-state index contributed by atoms with van der Waals surface area (Å²) in [6.07, 6.45) is 5.43. The molecular formula is C22H22ClFN6O. The van der Waals surface area contributed by atoms with Gasteiger partial charge in [-0.1, -0.05) is 11.6 Å². The second-order valence-electron chi connectivity index (χ2n) is 8.27. The van der Waals surface area contributed by atoms with E-state index in [2.05, 4.69) is 26.4 Å². The van der Waals surface area contributed by atoms with E-state index in [1.165, 1.54) is 18.6 Å². The minimum absolute atomic E-state index is 0.0228. The molecular weight excluding hydrogens is 419 g/mol. The Balaban J connectivity index is 1.52. The Labute approximate surface area is 183 Å². The number of likely N-dealkylation sites (tertiary alicyclic amines) is 1. The average Bonchev–Trinajstić information content (AvgIpc) is 3.09. The van der Waals surface area contributed by atoms with Gasteiger partial charge in [-0.25, -0.2) is 4.39 Å². The highest BCUT2D eigenvalue weighted by atomic mass is 35.5. The van der Waals surface area contributed by atoms with E-state index in [1.54, 1.807) is 23.0 Å². The number of benzene rings is 1. The number of nitriles is 1. The summed E-state index contributed by atoms with van der Waals surface area (Å²) in [7, 11) is 0. The summed E-state index contributed by atoms with van der Waals surface area (Å²) in [6.45, 7) is 2.22. The van der Waals surface area contributed by atoms with Crippen LogP contribution in [0.2, 0.25) is 5.02 Å². The Kier molecular flexibility index (Phi) is 5.16. The van der Waals surface area contributed by atoms with Crippen LogP contribution >= 0.6 is 11.6 Å². The molecule has 3 heterocycles. The van der Waals surface area contributed by atoms with Crippen LogP contribution in [0.15, 0.2) is 35.3 Å². The van der Waals surface area contributed by atoms with Gasteiger partial charge in [-0.2, -0.15) is 10.4 Å². The van der Waals surface area contributed by atoms with Crippen molar-refractivity contribution in [3.8, 4) is 6.07 Å². The smallest absolute Gasteiger partial charge is 0.261 e. The summed E-state index contributed by atoms with van der Waals surface area (Å²) in [4.78, 5) is 17.8. The van der Waals surface area contributed by atoms with E-state index >= 15 is 0 Å². The topological polar surface area (TPSA) is 89.7 Å². The fourth-order valence-electron chi connectivity index (χ4n) is 4.75. The predicted octanol–water partition coefficient (Wildman–Crippen LogP) is 4.20. The molecule has 160 valence electrons. The molecule has 0 amide bonds. The van der Waals surface area contributed by atoms with E-state index in [0.717, 1.165) is 32.4 Å². The number of rotatable bonds is 4. The second-order valence-corrected chi connectivity index (χ2v) is 8.68. The molecule has 1 saturated heterocycles. The van der Waals surface area contributed by atoms with Gasteiger partial charge in [0.25, 0.3) is 5.56 Å². The summed E-state index contributed by atoms with van der Waals surface area (Å²) in [5, 5.41) is 18.0. The van der Waals surface area contributed by atoms with Crippen molar-refractivity contribution < 1.29 is 4.39 Å². The van der Waals surface area contributed by atoms with Gasteiger partial charge in [0.15, 0.2) is 5.82 Å². The summed E-state index contributed by atoms with van der Waals surface area (Å²) in [5.41, 5.74) is 0.812. The van der Waals surface area contributed by atoms with E-state index in [0.29, 0.717) is 28.5 Å². The van der Waals surface area contributed by atoms with Gasteiger partial charge in [0.1, 0.15) is 11.2 Å². The first-order valence-electron chi connectivity index (χ1n) is 10.5. The van der Waals surface area contributed by atoms with Crippen LogP contribution in [0.1, 0.15) is 31.7 Å². The lowest BCUT2D eigenvalue weighted by molar-refractivity contribution is 0.0657. The number of aromatic nitrogens is 3. The van der Waals surface area contributed by atoms with E-state index in [4.69, 9.17) is 11.6 Å².